The fourth-order valence-corrected chi connectivity index (χ4v) is 3.63. The van der Waals surface area contributed by atoms with Crippen LogP contribution < -0.4 is 11.1 Å². The summed E-state index contributed by atoms with van der Waals surface area (Å²) in [6, 6.07) is 0. The number of aryl methyl sites for hydroxylation is 1. The van der Waals surface area contributed by atoms with E-state index < -0.39 is 11.1 Å². The highest BCUT2D eigenvalue weighted by molar-refractivity contribution is 9.09. The topological polar surface area (TPSA) is 44.0 Å². The van der Waals surface area contributed by atoms with E-state index in [1.54, 1.807) is 24.0 Å². The highest BCUT2D eigenvalue weighted by Gasteiger charge is 2.30. The van der Waals surface area contributed by atoms with Crippen molar-refractivity contribution in [3.8, 4) is 0 Å². The Bertz CT molecular complexity index is 539. The zero-order valence-corrected chi connectivity index (χ0v) is 13.0. The number of rotatable bonds is 3. The molecule has 4 nitrogen and oxygen atoms in total. The van der Waals surface area contributed by atoms with Crippen LogP contribution in [0.2, 0.25) is 0 Å². The molecule has 1 aliphatic carbocycles. The van der Waals surface area contributed by atoms with E-state index in [9.17, 15) is 9.59 Å². The van der Waals surface area contributed by atoms with Crippen LogP contribution in [0.4, 0.5) is 0 Å². The highest BCUT2D eigenvalue weighted by Crippen LogP contribution is 2.37. The third kappa shape index (κ3) is 3.19. The molecule has 1 aliphatic rings. The fourth-order valence-electron chi connectivity index (χ4n) is 2.89. The molecule has 1 saturated carbocycles. The molecule has 19 heavy (non-hydrogen) atoms. The van der Waals surface area contributed by atoms with Gasteiger partial charge in [-0.25, -0.2) is 0 Å². The van der Waals surface area contributed by atoms with Gasteiger partial charge in [0.25, 0.3) is 0 Å². The first kappa shape index (κ1) is 14.6. The van der Waals surface area contributed by atoms with Gasteiger partial charge in [0, 0.05) is 31.3 Å². The minimum Gasteiger partial charge on any atom is -0.312 e. The Morgan fingerprint density at radius 1 is 1.11 bits per heavy atom. The average Bonchev–Trinajstić information content (AvgIpc) is 2.66. The molecule has 0 aromatic carbocycles. The summed E-state index contributed by atoms with van der Waals surface area (Å²) < 4.78 is 2.93. The lowest BCUT2D eigenvalue weighted by Crippen LogP contribution is -2.43. The molecule has 0 aliphatic heterocycles. The van der Waals surface area contributed by atoms with E-state index in [1.807, 2.05) is 0 Å². The van der Waals surface area contributed by atoms with E-state index in [0.29, 0.717) is 6.54 Å². The molecule has 1 fully saturated rings. The molecule has 106 valence electrons. The van der Waals surface area contributed by atoms with Crippen molar-refractivity contribution in [2.75, 3.05) is 5.33 Å². The SMILES string of the molecule is Cn1ccn(CC2(CBr)CCCCCC2)c(=O)c1=O. The Morgan fingerprint density at radius 2 is 1.74 bits per heavy atom. The van der Waals surface area contributed by atoms with Crippen molar-refractivity contribution in [3.05, 3.63) is 33.1 Å². The summed E-state index contributed by atoms with van der Waals surface area (Å²) >= 11 is 3.62. The summed E-state index contributed by atoms with van der Waals surface area (Å²) in [6.45, 7) is 0.646. The minimum absolute atomic E-state index is 0.118. The second-order valence-corrected chi connectivity index (χ2v) is 6.26. The van der Waals surface area contributed by atoms with E-state index in [-0.39, 0.29) is 5.41 Å². The first-order valence-electron chi connectivity index (χ1n) is 6.90. The van der Waals surface area contributed by atoms with Gasteiger partial charge in [0.05, 0.1) is 0 Å². The van der Waals surface area contributed by atoms with Crippen LogP contribution in [0.5, 0.6) is 0 Å². The molecule has 1 aromatic heterocycles. The van der Waals surface area contributed by atoms with Gasteiger partial charge in [0.2, 0.25) is 0 Å². The molecule has 0 unspecified atom stereocenters. The summed E-state index contributed by atoms with van der Waals surface area (Å²) in [6.07, 6.45) is 10.6. The monoisotopic (exact) mass is 328 g/mol. The molecule has 2 rings (SSSR count). The van der Waals surface area contributed by atoms with Crippen LogP contribution >= 0.6 is 15.9 Å². The molecule has 0 radical (unpaired) electrons. The van der Waals surface area contributed by atoms with Gasteiger partial charge in [-0.3, -0.25) is 9.59 Å². The van der Waals surface area contributed by atoms with Crippen molar-refractivity contribution in [3.63, 3.8) is 0 Å². The first-order valence-corrected chi connectivity index (χ1v) is 8.02. The van der Waals surface area contributed by atoms with Crippen molar-refractivity contribution >= 4 is 15.9 Å². The van der Waals surface area contributed by atoms with Crippen LogP contribution in [0.1, 0.15) is 38.5 Å². The number of hydrogen-bond acceptors (Lipinski definition) is 2. The molecule has 1 aromatic rings. The van der Waals surface area contributed by atoms with Gasteiger partial charge in [-0.15, -0.1) is 0 Å². The highest BCUT2D eigenvalue weighted by atomic mass is 79.9. The number of aromatic nitrogens is 2. The summed E-state index contributed by atoms with van der Waals surface area (Å²) in [7, 11) is 1.61. The maximum absolute atomic E-state index is 12.0. The van der Waals surface area contributed by atoms with E-state index in [1.165, 1.54) is 30.3 Å². The van der Waals surface area contributed by atoms with E-state index in [0.717, 1.165) is 18.2 Å². The third-order valence-electron chi connectivity index (χ3n) is 4.19. The van der Waals surface area contributed by atoms with Crippen molar-refractivity contribution in [2.45, 2.75) is 45.1 Å². The van der Waals surface area contributed by atoms with Crippen LogP contribution in [-0.4, -0.2) is 14.5 Å². The van der Waals surface area contributed by atoms with Gasteiger partial charge in [-0.1, -0.05) is 41.6 Å². The normalized spacial score (nSPS) is 19.1. The zero-order valence-electron chi connectivity index (χ0n) is 11.4. The molecule has 0 amide bonds. The average molecular weight is 329 g/mol. The summed E-state index contributed by atoms with van der Waals surface area (Å²) in [4.78, 5) is 23.7. The number of hydrogen-bond donors (Lipinski definition) is 0. The molecular weight excluding hydrogens is 308 g/mol. The molecule has 1 heterocycles. The largest absolute Gasteiger partial charge is 0.316 e. The first-order chi connectivity index (χ1) is 9.08. The maximum atomic E-state index is 12.0. The summed E-state index contributed by atoms with van der Waals surface area (Å²) in [5, 5.41) is 0.891. The lowest BCUT2D eigenvalue weighted by Gasteiger charge is -2.31. The van der Waals surface area contributed by atoms with E-state index in [4.69, 9.17) is 0 Å². The predicted octanol–water partition coefficient (Wildman–Crippen LogP) is 2.28. The van der Waals surface area contributed by atoms with Gasteiger partial charge >= 0.3 is 11.1 Å². The lowest BCUT2D eigenvalue weighted by atomic mass is 9.82. The fraction of sp³-hybridized carbons (Fsp3) is 0.714. The second-order valence-electron chi connectivity index (χ2n) is 5.70. The van der Waals surface area contributed by atoms with Gasteiger partial charge in [0.15, 0.2) is 0 Å². The maximum Gasteiger partial charge on any atom is 0.316 e. The number of halogens is 1. The quantitative estimate of drug-likeness (QED) is 0.485. The molecule has 0 spiro atoms. The van der Waals surface area contributed by atoms with Crippen molar-refractivity contribution < 1.29 is 0 Å². The molecule has 0 saturated heterocycles. The Kier molecular flexibility index (Phi) is 4.66. The molecular formula is C14H21BrN2O2. The standard InChI is InChI=1S/C14H21BrN2O2/c1-16-8-9-17(13(19)12(16)18)11-14(10-15)6-4-2-3-5-7-14/h8-9H,2-7,10-11H2,1H3. The van der Waals surface area contributed by atoms with Gasteiger partial charge in [-0.05, 0) is 18.3 Å². The Morgan fingerprint density at radius 3 is 2.32 bits per heavy atom. The van der Waals surface area contributed by atoms with Crippen LogP contribution in [0, 0.1) is 5.41 Å². The lowest BCUT2D eigenvalue weighted by molar-refractivity contribution is 0.238. The molecule has 5 heteroatoms. The predicted molar refractivity (Wildman–Crippen MR) is 79.9 cm³/mol. The number of nitrogens with zero attached hydrogens (tertiary/aromatic N) is 2. The van der Waals surface area contributed by atoms with E-state index >= 15 is 0 Å². The van der Waals surface area contributed by atoms with Crippen LogP contribution in [0.15, 0.2) is 22.0 Å². The van der Waals surface area contributed by atoms with Crippen molar-refractivity contribution in [1.82, 2.24) is 9.13 Å². The third-order valence-corrected chi connectivity index (χ3v) is 5.38. The Hall–Kier alpha value is -0.840. The van der Waals surface area contributed by atoms with Crippen molar-refractivity contribution in [1.29, 1.82) is 0 Å². The van der Waals surface area contributed by atoms with Gasteiger partial charge in [0.1, 0.15) is 0 Å². The molecule has 0 atom stereocenters. The van der Waals surface area contributed by atoms with Gasteiger partial charge in [-0.2, -0.15) is 0 Å². The smallest absolute Gasteiger partial charge is 0.312 e. The number of alkyl halides is 1. The van der Waals surface area contributed by atoms with Crippen LogP contribution in [0.3, 0.4) is 0 Å². The van der Waals surface area contributed by atoms with Crippen LogP contribution in [-0.2, 0) is 13.6 Å². The zero-order chi connectivity index (χ0) is 13.9. The van der Waals surface area contributed by atoms with Gasteiger partial charge < -0.3 is 9.13 Å². The minimum atomic E-state index is -0.444. The summed E-state index contributed by atoms with van der Waals surface area (Å²) in [5.41, 5.74) is -0.734. The second kappa shape index (κ2) is 6.07. The van der Waals surface area contributed by atoms with E-state index in [2.05, 4.69) is 15.9 Å². The Labute approximate surface area is 121 Å². The summed E-state index contributed by atoms with van der Waals surface area (Å²) in [5.74, 6) is 0. The Balaban J connectivity index is 2.30. The molecule has 0 N–H and O–H groups in total. The van der Waals surface area contributed by atoms with Crippen LogP contribution in [0.25, 0.3) is 0 Å². The van der Waals surface area contributed by atoms with Crippen molar-refractivity contribution in [2.24, 2.45) is 12.5 Å². The molecule has 0 bridgehead atoms.